The first-order valence-corrected chi connectivity index (χ1v) is 13.0. The molecule has 0 radical (unpaired) electrons. The van der Waals surface area contributed by atoms with Crippen LogP contribution in [0.3, 0.4) is 0 Å². The number of likely N-dealkylation sites (N-methyl/N-ethyl adjacent to an activating group) is 1. The molecule has 1 fully saturated rings. The van der Waals surface area contributed by atoms with Gasteiger partial charge in [-0.05, 0) is 44.5 Å². The summed E-state index contributed by atoms with van der Waals surface area (Å²) in [5.41, 5.74) is 2.12. The predicted octanol–water partition coefficient (Wildman–Crippen LogP) is -0.472. The Balaban J connectivity index is 1.90. The second-order valence-corrected chi connectivity index (χ2v) is 10.9. The number of nitrogens with two attached hydrogens (primary N) is 1. The van der Waals surface area contributed by atoms with Crippen molar-refractivity contribution in [2.24, 2.45) is 17.6 Å². The number of amides is 2. The Morgan fingerprint density at radius 3 is 2.39 bits per heavy atom. The average Bonchev–Trinajstić information content (AvgIpc) is 2.87. The van der Waals surface area contributed by atoms with Gasteiger partial charge in [-0.25, -0.2) is 4.39 Å². The van der Waals surface area contributed by atoms with Crippen molar-refractivity contribution in [3.8, 4) is 5.75 Å². The Labute approximate surface area is 235 Å². The van der Waals surface area contributed by atoms with Gasteiger partial charge in [-0.15, -0.1) is 0 Å². The van der Waals surface area contributed by atoms with E-state index in [0.29, 0.717) is 11.3 Å². The fourth-order valence-electron chi connectivity index (χ4n) is 6.25. The first kappa shape index (κ1) is 30.0. The number of hydrogen-bond donors (Lipinski definition) is 7. The number of fused-ring (bicyclic) bond motifs is 3. The molecule has 13 nitrogen and oxygen atoms in total. The van der Waals surface area contributed by atoms with Crippen molar-refractivity contribution in [3.63, 3.8) is 0 Å². The average molecular weight is 576 g/mol. The van der Waals surface area contributed by atoms with E-state index >= 15 is 0 Å². The highest BCUT2D eigenvalue weighted by Gasteiger charge is 2.64. The lowest BCUT2D eigenvalue weighted by Crippen LogP contribution is -2.65. The zero-order chi connectivity index (χ0) is 30.5. The molecular weight excluding hydrogens is 541 g/mol. The highest BCUT2D eigenvalue weighted by atomic mass is 19.1. The second-order valence-electron chi connectivity index (χ2n) is 10.9. The number of halogens is 1. The molecule has 41 heavy (non-hydrogen) atoms. The van der Waals surface area contributed by atoms with Crippen molar-refractivity contribution in [3.05, 3.63) is 34.1 Å². The monoisotopic (exact) mass is 575 g/mol. The van der Waals surface area contributed by atoms with Crippen molar-refractivity contribution >= 4 is 40.5 Å². The summed E-state index contributed by atoms with van der Waals surface area (Å²) in [6.07, 6.45) is 0.0556. The lowest BCUT2D eigenvalue weighted by atomic mass is 9.57. The Bertz CT molecular complexity index is 1400. The maximum Gasteiger partial charge on any atom is 0.255 e. The standard InChI is InChI=1S/C27H34FN5O8/c1-32(2)15-9-14(31-16(34)10-30-6-5-28)21(35)18-12(15)7-11-8-13-20(33(3)4)23(37)19(26(29)40)25(39)27(13,41)24(38)17(11)22(18)36/h9,11,13,20,30,35-36,39,41H,5-8,10H2,1-4H3,(H2,29,40)(H,31,34)/t11?,13?,20-,27-/m0/s1. The molecule has 2 unspecified atom stereocenters. The van der Waals surface area contributed by atoms with E-state index in [0.717, 1.165) is 0 Å². The number of benzene rings is 1. The first-order chi connectivity index (χ1) is 19.2. The zero-order valence-corrected chi connectivity index (χ0v) is 23.1. The van der Waals surface area contributed by atoms with E-state index in [9.17, 15) is 44.0 Å². The molecule has 4 rings (SSSR count). The summed E-state index contributed by atoms with van der Waals surface area (Å²) in [7, 11) is 6.47. The third-order valence-electron chi connectivity index (χ3n) is 8.01. The van der Waals surface area contributed by atoms with Crippen molar-refractivity contribution < 1.29 is 44.0 Å². The number of alkyl halides is 1. The Morgan fingerprint density at radius 2 is 1.83 bits per heavy atom. The van der Waals surface area contributed by atoms with E-state index in [1.54, 1.807) is 19.0 Å². The van der Waals surface area contributed by atoms with Crippen LogP contribution >= 0.6 is 0 Å². The van der Waals surface area contributed by atoms with Gasteiger partial charge >= 0.3 is 0 Å². The van der Waals surface area contributed by atoms with Gasteiger partial charge in [0.15, 0.2) is 11.4 Å². The Morgan fingerprint density at radius 1 is 1.17 bits per heavy atom. The topological polar surface area (TPSA) is 206 Å². The number of primary amides is 1. The molecule has 1 saturated carbocycles. The molecule has 0 spiro atoms. The fourth-order valence-corrected chi connectivity index (χ4v) is 6.25. The molecule has 3 aliphatic rings. The van der Waals surface area contributed by atoms with E-state index in [4.69, 9.17) is 5.73 Å². The third-order valence-corrected chi connectivity index (χ3v) is 8.01. The molecule has 8 N–H and O–H groups in total. The fraction of sp³-hybridized carbons (Fsp3) is 0.481. The molecule has 0 aliphatic heterocycles. The number of anilines is 2. The third kappa shape index (κ3) is 4.61. The number of carbonyl (C=O) groups is 4. The number of phenolic OH excluding ortho intramolecular Hbond substituents is 1. The van der Waals surface area contributed by atoms with Crippen LogP contribution in [-0.4, -0.2) is 108 Å². The van der Waals surface area contributed by atoms with E-state index in [1.807, 2.05) is 0 Å². The molecule has 0 aromatic heterocycles. The lowest BCUT2D eigenvalue weighted by molar-refractivity contribution is -0.153. The molecule has 222 valence electrons. The van der Waals surface area contributed by atoms with Crippen LogP contribution in [0.25, 0.3) is 5.76 Å². The number of carbonyl (C=O) groups excluding carboxylic acids is 4. The molecule has 14 heteroatoms. The smallest absolute Gasteiger partial charge is 0.255 e. The van der Waals surface area contributed by atoms with Crippen molar-refractivity contribution in [2.75, 3.05) is 58.2 Å². The molecule has 1 aromatic rings. The summed E-state index contributed by atoms with van der Waals surface area (Å²) in [6, 6.07) is 0.318. The van der Waals surface area contributed by atoms with Crippen LogP contribution in [0.15, 0.2) is 23.0 Å². The molecule has 0 bridgehead atoms. The normalized spacial score (nSPS) is 25.6. The first-order valence-electron chi connectivity index (χ1n) is 13.0. The van der Waals surface area contributed by atoms with Crippen LogP contribution in [0, 0.1) is 11.8 Å². The van der Waals surface area contributed by atoms with Gasteiger partial charge in [-0.2, -0.15) is 0 Å². The predicted molar refractivity (Wildman–Crippen MR) is 146 cm³/mol. The quantitative estimate of drug-likeness (QED) is 0.120. The molecule has 4 atom stereocenters. The maximum atomic E-state index is 14.0. The highest BCUT2D eigenvalue weighted by Crippen LogP contribution is 2.54. The number of Topliss-reactive ketones (excluding diaryl/α,β-unsaturated/α-hetero) is 2. The van der Waals surface area contributed by atoms with E-state index in [-0.39, 0.29) is 42.8 Å². The summed E-state index contributed by atoms with van der Waals surface area (Å²) < 4.78 is 12.4. The molecule has 1 aromatic carbocycles. The largest absolute Gasteiger partial charge is 0.508 e. The van der Waals surface area contributed by atoms with E-state index in [1.165, 1.54) is 25.1 Å². The van der Waals surface area contributed by atoms with Gasteiger partial charge in [-0.1, -0.05) is 0 Å². The number of aliphatic hydroxyl groups is 3. The van der Waals surface area contributed by atoms with Gasteiger partial charge in [0.1, 0.15) is 29.5 Å². The minimum absolute atomic E-state index is 0.0435. The molecular formula is C27H34FN5O8. The van der Waals surface area contributed by atoms with Gasteiger partial charge in [0.25, 0.3) is 5.91 Å². The number of phenols is 1. The van der Waals surface area contributed by atoms with Crippen LogP contribution in [0.4, 0.5) is 15.8 Å². The van der Waals surface area contributed by atoms with Crippen molar-refractivity contribution in [1.82, 2.24) is 10.2 Å². The lowest BCUT2D eigenvalue weighted by Gasteiger charge is -2.50. The number of aliphatic hydroxyl groups excluding tert-OH is 2. The van der Waals surface area contributed by atoms with E-state index in [2.05, 4.69) is 10.6 Å². The zero-order valence-electron chi connectivity index (χ0n) is 23.1. The maximum absolute atomic E-state index is 14.0. The minimum atomic E-state index is -2.75. The Hall–Kier alpha value is -4.01. The van der Waals surface area contributed by atoms with Gasteiger partial charge in [0.05, 0.1) is 23.8 Å². The van der Waals surface area contributed by atoms with Crippen molar-refractivity contribution in [1.29, 1.82) is 0 Å². The summed E-state index contributed by atoms with van der Waals surface area (Å²) in [6.45, 7) is -0.980. The number of hydrogen-bond acceptors (Lipinski definition) is 11. The molecule has 0 heterocycles. The van der Waals surface area contributed by atoms with Crippen LogP contribution < -0.4 is 21.3 Å². The van der Waals surface area contributed by atoms with Gasteiger partial charge in [0.2, 0.25) is 11.7 Å². The Kier molecular flexibility index (Phi) is 7.86. The van der Waals surface area contributed by atoms with E-state index < -0.39 is 76.4 Å². The highest BCUT2D eigenvalue weighted by molar-refractivity contribution is 6.24. The van der Waals surface area contributed by atoms with Crippen LogP contribution in [0.5, 0.6) is 5.75 Å². The molecule has 0 saturated heterocycles. The summed E-state index contributed by atoms with van der Waals surface area (Å²) in [5, 5.41) is 50.4. The number of nitrogens with one attached hydrogen (secondary N) is 2. The number of rotatable bonds is 8. The van der Waals surface area contributed by atoms with Gasteiger partial charge < -0.3 is 41.7 Å². The van der Waals surface area contributed by atoms with Crippen LogP contribution in [-0.2, 0) is 25.6 Å². The second kappa shape index (κ2) is 10.8. The molecule has 3 aliphatic carbocycles. The van der Waals surface area contributed by atoms with Gasteiger partial charge in [0, 0.05) is 37.8 Å². The SMILES string of the molecule is CN(C)c1cc(NC(=O)CNCCF)c(O)c2c1CC1CC3[C@H](N(C)C)C(=O)C(C(N)=O)=C(O)[C@@]3(O)C(=O)C1=C2O. The molecule has 2 amide bonds. The van der Waals surface area contributed by atoms with Gasteiger partial charge in [-0.3, -0.25) is 24.1 Å². The minimum Gasteiger partial charge on any atom is -0.508 e. The number of ketones is 2. The van der Waals surface area contributed by atoms with Crippen molar-refractivity contribution in [2.45, 2.75) is 24.5 Å². The summed E-state index contributed by atoms with van der Waals surface area (Å²) in [4.78, 5) is 54.8. The number of nitrogens with zero attached hydrogens (tertiary/aromatic N) is 2. The number of aromatic hydroxyl groups is 1. The van der Waals surface area contributed by atoms with Crippen LogP contribution in [0.1, 0.15) is 17.5 Å². The summed E-state index contributed by atoms with van der Waals surface area (Å²) >= 11 is 0. The van der Waals surface area contributed by atoms with Crippen LogP contribution in [0.2, 0.25) is 0 Å². The summed E-state index contributed by atoms with van der Waals surface area (Å²) in [5.74, 6) is -8.19.